The Morgan fingerprint density at radius 3 is 2.52 bits per heavy atom. The monoisotopic (exact) mass is 337 g/mol. The summed E-state index contributed by atoms with van der Waals surface area (Å²) >= 11 is 0. The van der Waals surface area contributed by atoms with E-state index in [1.807, 2.05) is 13.0 Å². The molecule has 0 aliphatic carbocycles. The third-order valence-electron chi connectivity index (χ3n) is 3.07. The first-order chi connectivity index (χ1) is 10.9. The molecule has 0 unspecified atom stereocenters. The molecule has 23 heavy (non-hydrogen) atoms. The van der Waals surface area contributed by atoms with Gasteiger partial charge in [0.2, 0.25) is 10.0 Å². The van der Waals surface area contributed by atoms with Gasteiger partial charge in [-0.3, -0.25) is 4.79 Å². The van der Waals surface area contributed by atoms with Crippen LogP contribution in [0.3, 0.4) is 0 Å². The average Bonchev–Trinajstić information content (AvgIpc) is 2.54. The van der Waals surface area contributed by atoms with E-state index in [-0.39, 0.29) is 4.90 Å². The van der Waals surface area contributed by atoms with E-state index < -0.39 is 28.4 Å². The molecule has 122 valence electrons. The summed E-state index contributed by atoms with van der Waals surface area (Å²) < 4.78 is 43.9. The molecular weight excluding hydrogens is 321 g/mol. The molecule has 7 heteroatoms. The van der Waals surface area contributed by atoms with E-state index in [1.165, 1.54) is 0 Å². The number of hydrogen-bond acceptors (Lipinski definition) is 4. The highest BCUT2D eigenvalue weighted by molar-refractivity contribution is 7.89. The summed E-state index contributed by atoms with van der Waals surface area (Å²) in [5.74, 6) is -0.918. The summed E-state index contributed by atoms with van der Waals surface area (Å²) in [7, 11) is -3.89. The van der Waals surface area contributed by atoms with Crippen molar-refractivity contribution in [3.05, 3.63) is 59.9 Å². The van der Waals surface area contributed by atoms with Crippen LogP contribution in [-0.2, 0) is 21.2 Å². The maximum absolute atomic E-state index is 12.8. The summed E-state index contributed by atoms with van der Waals surface area (Å²) in [6.45, 7) is 1.45. The Balaban J connectivity index is 1.96. The minimum atomic E-state index is -3.89. The second kappa shape index (κ2) is 7.34. The van der Waals surface area contributed by atoms with Crippen LogP contribution >= 0.6 is 0 Å². The van der Waals surface area contributed by atoms with Crippen LogP contribution in [-0.4, -0.2) is 20.9 Å². The minimum Gasteiger partial charge on any atom is -0.426 e. The number of hydrogen-bond donors (Lipinski definition) is 1. The third kappa shape index (κ3) is 4.87. The molecule has 0 radical (unpaired) electrons. The fourth-order valence-electron chi connectivity index (χ4n) is 1.85. The van der Waals surface area contributed by atoms with Crippen molar-refractivity contribution in [1.29, 1.82) is 0 Å². The molecule has 1 N–H and O–H groups in total. The number of halogens is 1. The first-order valence-electron chi connectivity index (χ1n) is 6.95. The Labute approximate surface area is 134 Å². The van der Waals surface area contributed by atoms with Crippen LogP contribution < -0.4 is 9.46 Å². The van der Waals surface area contributed by atoms with E-state index >= 15 is 0 Å². The van der Waals surface area contributed by atoms with Crippen molar-refractivity contribution in [3.8, 4) is 5.75 Å². The lowest BCUT2D eigenvalue weighted by Gasteiger charge is -2.08. The van der Waals surface area contributed by atoms with Crippen molar-refractivity contribution in [2.45, 2.75) is 18.2 Å². The van der Waals surface area contributed by atoms with Crippen LogP contribution in [0.25, 0.3) is 0 Å². The Morgan fingerprint density at radius 2 is 1.87 bits per heavy atom. The predicted molar refractivity (Wildman–Crippen MR) is 83.0 cm³/mol. The van der Waals surface area contributed by atoms with Crippen LogP contribution in [0.15, 0.2) is 53.4 Å². The Kier molecular flexibility index (Phi) is 5.46. The standard InChI is InChI=1S/C16H16FNO4S/c1-2-12-4-3-5-14(10-12)22-16(19)11-18-23(20,21)15-8-6-13(17)7-9-15/h3-10,18H,2,11H2,1H3. The first kappa shape index (κ1) is 17.1. The van der Waals surface area contributed by atoms with Gasteiger partial charge in [-0.2, -0.15) is 4.72 Å². The van der Waals surface area contributed by atoms with E-state index in [0.29, 0.717) is 5.75 Å². The minimum absolute atomic E-state index is 0.125. The van der Waals surface area contributed by atoms with Gasteiger partial charge in [-0.1, -0.05) is 19.1 Å². The quantitative estimate of drug-likeness (QED) is 0.648. The van der Waals surface area contributed by atoms with Gasteiger partial charge in [0.25, 0.3) is 0 Å². The molecule has 2 aromatic rings. The second-order valence-electron chi connectivity index (χ2n) is 4.75. The van der Waals surface area contributed by atoms with Crippen molar-refractivity contribution in [2.24, 2.45) is 0 Å². The molecule has 0 fully saturated rings. The molecule has 0 heterocycles. The molecule has 2 rings (SSSR count). The van der Waals surface area contributed by atoms with Gasteiger partial charge in [0.15, 0.2) is 0 Å². The molecule has 2 aromatic carbocycles. The molecule has 0 saturated carbocycles. The summed E-state index contributed by atoms with van der Waals surface area (Å²) in [5.41, 5.74) is 1.00. The number of sulfonamides is 1. The van der Waals surface area contributed by atoms with E-state index in [2.05, 4.69) is 4.72 Å². The third-order valence-corrected chi connectivity index (χ3v) is 4.49. The van der Waals surface area contributed by atoms with E-state index in [4.69, 9.17) is 4.74 Å². The lowest BCUT2D eigenvalue weighted by atomic mass is 10.2. The highest BCUT2D eigenvalue weighted by Crippen LogP contribution is 2.14. The molecule has 0 aromatic heterocycles. The van der Waals surface area contributed by atoms with Crippen LogP contribution in [0.1, 0.15) is 12.5 Å². The van der Waals surface area contributed by atoms with Gasteiger partial charge in [0.05, 0.1) is 4.90 Å². The largest absolute Gasteiger partial charge is 0.426 e. The van der Waals surface area contributed by atoms with Gasteiger partial charge >= 0.3 is 5.97 Å². The van der Waals surface area contributed by atoms with E-state index in [1.54, 1.807) is 18.2 Å². The zero-order chi connectivity index (χ0) is 16.9. The van der Waals surface area contributed by atoms with Gasteiger partial charge in [-0.05, 0) is 48.4 Å². The van der Waals surface area contributed by atoms with E-state index in [0.717, 1.165) is 36.2 Å². The fraction of sp³-hybridized carbons (Fsp3) is 0.188. The average molecular weight is 337 g/mol. The Morgan fingerprint density at radius 1 is 1.17 bits per heavy atom. The molecule has 0 aliphatic heterocycles. The predicted octanol–water partition coefficient (Wildman–Crippen LogP) is 2.27. The normalized spacial score (nSPS) is 11.2. The zero-order valence-corrected chi connectivity index (χ0v) is 13.3. The van der Waals surface area contributed by atoms with Crippen molar-refractivity contribution in [3.63, 3.8) is 0 Å². The Hall–Kier alpha value is -2.25. The second-order valence-corrected chi connectivity index (χ2v) is 6.52. The number of nitrogens with one attached hydrogen (secondary N) is 1. The zero-order valence-electron chi connectivity index (χ0n) is 12.5. The number of carbonyl (C=O) groups excluding carboxylic acids is 1. The molecule has 5 nitrogen and oxygen atoms in total. The molecule has 0 amide bonds. The summed E-state index contributed by atoms with van der Waals surface area (Å²) in [6, 6.07) is 11.3. The number of ether oxygens (including phenoxy) is 1. The number of rotatable bonds is 6. The lowest BCUT2D eigenvalue weighted by Crippen LogP contribution is -2.32. The molecule has 0 spiro atoms. The van der Waals surface area contributed by atoms with Crippen molar-refractivity contribution in [1.82, 2.24) is 4.72 Å². The van der Waals surface area contributed by atoms with Crippen molar-refractivity contribution in [2.75, 3.05) is 6.54 Å². The molecule has 0 bridgehead atoms. The van der Waals surface area contributed by atoms with Crippen LogP contribution in [0, 0.1) is 5.82 Å². The van der Waals surface area contributed by atoms with Crippen LogP contribution in [0.5, 0.6) is 5.75 Å². The van der Waals surface area contributed by atoms with Crippen LogP contribution in [0.4, 0.5) is 4.39 Å². The maximum Gasteiger partial charge on any atom is 0.326 e. The fourth-order valence-corrected chi connectivity index (χ4v) is 2.82. The van der Waals surface area contributed by atoms with Crippen LogP contribution in [0.2, 0.25) is 0 Å². The summed E-state index contributed by atoms with van der Waals surface area (Å²) in [6.07, 6.45) is 0.794. The number of esters is 1. The molecule has 0 aliphatic rings. The van der Waals surface area contributed by atoms with Gasteiger partial charge in [-0.25, -0.2) is 12.8 Å². The maximum atomic E-state index is 12.8. The smallest absolute Gasteiger partial charge is 0.326 e. The topological polar surface area (TPSA) is 72.5 Å². The molecular formula is C16H16FNO4S. The Bertz CT molecular complexity index is 788. The molecule has 0 saturated heterocycles. The number of aryl methyl sites for hydroxylation is 1. The summed E-state index contributed by atoms with van der Waals surface area (Å²) in [5, 5.41) is 0. The van der Waals surface area contributed by atoms with Gasteiger partial charge in [0, 0.05) is 0 Å². The SMILES string of the molecule is CCc1cccc(OC(=O)CNS(=O)(=O)c2ccc(F)cc2)c1. The van der Waals surface area contributed by atoms with Crippen molar-refractivity contribution < 1.29 is 22.3 Å². The number of carbonyl (C=O) groups is 1. The number of benzene rings is 2. The van der Waals surface area contributed by atoms with E-state index in [9.17, 15) is 17.6 Å². The van der Waals surface area contributed by atoms with Gasteiger partial charge in [-0.15, -0.1) is 0 Å². The highest BCUT2D eigenvalue weighted by Gasteiger charge is 2.16. The van der Waals surface area contributed by atoms with Gasteiger partial charge < -0.3 is 4.74 Å². The first-order valence-corrected chi connectivity index (χ1v) is 8.44. The van der Waals surface area contributed by atoms with Gasteiger partial charge in [0.1, 0.15) is 18.1 Å². The molecule has 0 atom stereocenters. The summed E-state index contributed by atoms with van der Waals surface area (Å²) in [4.78, 5) is 11.6. The van der Waals surface area contributed by atoms with Crippen molar-refractivity contribution >= 4 is 16.0 Å². The highest BCUT2D eigenvalue weighted by atomic mass is 32.2. The lowest BCUT2D eigenvalue weighted by molar-refractivity contribution is -0.133.